The molecule has 3 aromatic carbocycles. The molecule has 1 aliphatic heterocycles. The number of hydrogen-bond acceptors (Lipinski definition) is 4. The Labute approximate surface area is 183 Å². The lowest BCUT2D eigenvalue weighted by Gasteiger charge is -2.19. The summed E-state index contributed by atoms with van der Waals surface area (Å²) in [6.45, 7) is 1.86. The number of halogens is 2. The van der Waals surface area contributed by atoms with Gasteiger partial charge in [-0.15, -0.1) is 0 Å². The second kappa shape index (κ2) is 8.24. The summed E-state index contributed by atoms with van der Waals surface area (Å²) in [6, 6.07) is 17.4. The molecule has 4 rings (SSSR count). The van der Waals surface area contributed by atoms with E-state index in [0.29, 0.717) is 27.7 Å². The number of ether oxygens (including phenoxy) is 1. The number of rotatable bonds is 5. The summed E-state index contributed by atoms with van der Waals surface area (Å²) in [7, 11) is 1.48. The highest BCUT2D eigenvalue weighted by molar-refractivity contribution is 6.46. The van der Waals surface area contributed by atoms with Crippen LogP contribution in [0.5, 0.6) is 5.75 Å². The average molecular weight is 437 g/mol. The Kier molecular flexibility index (Phi) is 5.48. The number of carbonyl (C=O) groups excluding carboxylic acids is 2. The van der Waals surface area contributed by atoms with Crippen LogP contribution in [0.1, 0.15) is 11.1 Å². The zero-order valence-corrected chi connectivity index (χ0v) is 17.5. The fraction of sp³-hybridized carbons (Fsp3) is 0.0833. The van der Waals surface area contributed by atoms with Gasteiger partial charge in [-0.2, -0.15) is 0 Å². The molecule has 0 saturated carbocycles. The van der Waals surface area contributed by atoms with Gasteiger partial charge in [0.2, 0.25) is 0 Å². The van der Waals surface area contributed by atoms with E-state index < -0.39 is 17.6 Å². The Morgan fingerprint density at radius 2 is 1.61 bits per heavy atom. The Balaban J connectivity index is 1.85. The Bertz CT molecular complexity index is 1200. The van der Waals surface area contributed by atoms with Gasteiger partial charge in [0, 0.05) is 10.7 Å². The number of benzene rings is 3. The van der Waals surface area contributed by atoms with Gasteiger partial charge >= 0.3 is 0 Å². The third kappa shape index (κ3) is 3.90. The number of carbonyl (C=O) groups is 2. The second-order valence-corrected chi connectivity index (χ2v) is 7.45. The molecule has 1 N–H and O–H groups in total. The van der Waals surface area contributed by atoms with Crippen molar-refractivity contribution in [3.63, 3.8) is 0 Å². The van der Waals surface area contributed by atoms with Crippen molar-refractivity contribution in [3.8, 4) is 5.75 Å². The summed E-state index contributed by atoms with van der Waals surface area (Å²) in [5, 5.41) is 3.50. The number of amides is 2. The van der Waals surface area contributed by atoms with Crippen LogP contribution in [-0.2, 0) is 9.59 Å². The predicted molar refractivity (Wildman–Crippen MR) is 119 cm³/mol. The van der Waals surface area contributed by atoms with Crippen LogP contribution in [-0.4, -0.2) is 18.9 Å². The molecular formula is C24H18ClFN2O3. The maximum Gasteiger partial charge on any atom is 0.282 e. The fourth-order valence-electron chi connectivity index (χ4n) is 3.40. The van der Waals surface area contributed by atoms with E-state index >= 15 is 0 Å². The molecule has 3 aromatic rings. The first kappa shape index (κ1) is 20.6. The molecular weight excluding hydrogens is 419 g/mol. The lowest BCUT2D eigenvalue weighted by Crippen LogP contribution is -2.32. The van der Waals surface area contributed by atoms with Crippen molar-refractivity contribution in [1.82, 2.24) is 0 Å². The minimum Gasteiger partial charge on any atom is -0.495 e. The first-order valence-corrected chi connectivity index (χ1v) is 9.83. The summed E-state index contributed by atoms with van der Waals surface area (Å²) in [5.41, 5.74) is 2.49. The molecule has 0 unspecified atom stereocenters. The standard InChI is InChI=1S/C24H18ClFN2O3/c1-14-3-12-20(31-2)19(13-14)28-23(29)21(15-4-6-16(25)7-5-15)22(24(28)30)27-18-10-8-17(26)9-11-18/h3-13,27H,1-2H3. The van der Waals surface area contributed by atoms with Gasteiger partial charge in [-0.1, -0.05) is 29.8 Å². The van der Waals surface area contributed by atoms with Gasteiger partial charge in [0.25, 0.3) is 11.8 Å². The quantitative estimate of drug-likeness (QED) is 0.559. The predicted octanol–water partition coefficient (Wildman–Crippen LogP) is 5.19. The maximum atomic E-state index is 13.5. The lowest BCUT2D eigenvalue weighted by atomic mass is 10.0. The monoisotopic (exact) mass is 436 g/mol. The Morgan fingerprint density at radius 3 is 2.26 bits per heavy atom. The van der Waals surface area contributed by atoms with Gasteiger partial charge in [0.05, 0.1) is 18.4 Å². The molecule has 1 aliphatic rings. The number of aryl methyl sites for hydroxylation is 1. The third-order valence-corrected chi connectivity index (χ3v) is 5.16. The zero-order valence-electron chi connectivity index (χ0n) is 16.8. The maximum absolute atomic E-state index is 13.5. The molecule has 156 valence electrons. The van der Waals surface area contributed by atoms with Crippen LogP contribution in [0, 0.1) is 12.7 Å². The normalized spacial score (nSPS) is 13.7. The molecule has 0 fully saturated rings. The molecule has 0 atom stereocenters. The van der Waals surface area contributed by atoms with Crippen LogP contribution in [0.3, 0.4) is 0 Å². The highest BCUT2D eigenvalue weighted by atomic mass is 35.5. The van der Waals surface area contributed by atoms with E-state index in [4.69, 9.17) is 16.3 Å². The molecule has 0 spiro atoms. The van der Waals surface area contributed by atoms with Crippen LogP contribution >= 0.6 is 11.6 Å². The number of methoxy groups -OCH3 is 1. The van der Waals surface area contributed by atoms with Gasteiger partial charge in [-0.25, -0.2) is 9.29 Å². The van der Waals surface area contributed by atoms with Crippen LogP contribution in [0.4, 0.5) is 15.8 Å². The van der Waals surface area contributed by atoms with Crippen molar-refractivity contribution in [1.29, 1.82) is 0 Å². The fourth-order valence-corrected chi connectivity index (χ4v) is 3.53. The smallest absolute Gasteiger partial charge is 0.282 e. The largest absolute Gasteiger partial charge is 0.495 e. The van der Waals surface area contributed by atoms with Crippen LogP contribution in [0.15, 0.2) is 72.4 Å². The van der Waals surface area contributed by atoms with Crippen molar-refractivity contribution in [2.45, 2.75) is 6.92 Å². The number of hydrogen-bond donors (Lipinski definition) is 1. The molecule has 0 aliphatic carbocycles. The first-order valence-electron chi connectivity index (χ1n) is 9.45. The van der Waals surface area contributed by atoms with E-state index in [1.165, 1.54) is 31.4 Å². The molecule has 0 saturated heterocycles. The van der Waals surface area contributed by atoms with E-state index in [1.807, 2.05) is 13.0 Å². The van der Waals surface area contributed by atoms with E-state index in [2.05, 4.69) is 5.32 Å². The second-order valence-electron chi connectivity index (χ2n) is 7.01. The van der Waals surface area contributed by atoms with Crippen molar-refractivity contribution < 1.29 is 18.7 Å². The van der Waals surface area contributed by atoms with Crippen LogP contribution in [0.25, 0.3) is 5.57 Å². The Morgan fingerprint density at radius 1 is 0.935 bits per heavy atom. The minimum absolute atomic E-state index is 0.0856. The van der Waals surface area contributed by atoms with Gasteiger partial charge < -0.3 is 10.1 Å². The van der Waals surface area contributed by atoms with Crippen LogP contribution < -0.4 is 15.0 Å². The number of nitrogens with one attached hydrogen (secondary N) is 1. The van der Waals surface area contributed by atoms with Crippen molar-refractivity contribution in [2.75, 3.05) is 17.3 Å². The molecule has 1 heterocycles. The van der Waals surface area contributed by atoms with E-state index in [9.17, 15) is 14.0 Å². The van der Waals surface area contributed by atoms with Crippen molar-refractivity contribution in [3.05, 3.63) is 94.4 Å². The summed E-state index contributed by atoms with van der Waals surface area (Å²) < 4.78 is 18.7. The lowest BCUT2D eigenvalue weighted by molar-refractivity contribution is -0.120. The third-order valence-electron chi connectivity index (χ3n) is 4.91. The van der Waals surface area contributed by atoms with Crippen LogP contribution in [0.2, 0.25) is 5.02 Å². The highest BCUT2D eigenvalue weighted by Crippen LogP contribution is 2.38. The molecule has 2 amide bonds. The minimum atomic E-state index is -0.539. The molecule has 5 nitrogen and oxygen atoms in total. The number of nitrogens with zero attached hydrogens (tertiary/aromatic N) is 1. The molecule has 0 bridgehead atoms. The Hall–Kier alpha value is -3.64. The van der Waals surface area contributed by atoms with E-state index in [0.717, 1.165) is 10.5 Å². The highest BCUT2D eigenvalue weighted by Gasteiger charge is 2.41. The van der Waals surface area contributed by atoms with Crippen molar-refractivity contribution >= 4 is 40.4 Å². The molecule has 0 aromatic heterocycles. The summed E-state index contributed by atoms with van der Waals surface area (Å²) in [4.78, 5) is 28.0. The molecule has 7 heteroatoms. The van der Waals surface area contributed by atoms with Crippen molar-refractivity contribution in [2.24, 2.45) is 0 Å². The number of anilines is 2. The number of imide groups is 1. The van der Waals surface area contributed by atoms with Gasteiger partial charge in [-0.05, 0) is 66.6 Å². The van der Waals surface area contributed by atoms with E-state index in [1.54, 1.807) is 36.4 Å². The van der Waals surface area contributed by atoms with Gasteiger partial charge in [0.15, 0.2) is 0 Å². The SMILES string of the molecule is COc1ccc(C)cc1N1C(=O)C(Nc2ccc(F)cc2)=C(c2ccc(Cl)cc2)C1=O. The topological polar surface area (TPSA) is 58.6 Å². The summed E-state index contributed by atoms with van der Waals surface area (Å²) in [5.74, 6) is -1.05. The summed E-state index contributed by atoms with van der Waals surface area (Å²) in [6.07, 6.45) is 0. The summed E-state index contributed by atoms with van der Waals surface area (Å²) >= 11 is 6.00. The average Bonchev–Trinajstić information content (AvgIpc) is 3.00. The van der Waals surface area contributed by atoms with E-state index in [-0.39, 0.29) is 11.3 Å². The van der Waals surface area contributed by atoms with Gasteiger partial charge in [0.1, 0.15) is 17.3 Å². The molecule has 0 radical (unpaired) electrons. The molecule has 31 heavy (non-hydrogen) atoms. The zero-order chi connectivity index (χ0) is 22.1. The first-order chi connectivity index (χ1) is 14.9. The van der Waals surface area contributed by atoms with Gasteiger partial charge in [-0.3, -0.25) is 9.59 Å².